The van der Waals surface area contributed by atoms with Crippen LogP contribution in [0.5, 0.6) is 0 Å². The summed E-state index contributed by atoms with van der Waals surface area (Å²) in [7, 11) is 0. The molecule has 2 heterocycles. The summed E-state index contributed by atoms with van der Waals surface area (Å²) in [6.45, 7) is 1.07. The lowest BCUT2D eigenvalue weighted by Crippen LogP contribution is -2.41. The summed E-state index contributed by atoms with van der Waals surface area (Å²) in [6.07, 6.45) is 2.56. The molecule has 0 atom stereocenters. The largest absolute Gasteiger partial charge is 0.481 e. The molecule has 1 N–H and O–H groups in total. The number of likely N-dealkylation sites (tertiary alicyclic amines) is 1. The predicted molar refractivity (Wildman–Crippen MR) is 67.6 cm³/mol. The molecule has 1 saturated heterocycles. The molecule has 0 radical (unpaired) electrons. The van der Waals surface area contributed by atoms with Crippen LogP contribution < -0.4 is 0 Å². The fourth-order valence-electron chi connectivity index (χ4n) is 1.82. The van der Waals surface area contributed by atoms with Gasteiger partial charge in [-0.3, -0.25) is 9.59 Å². The number of nitrogens with zero attached hydrogens (tertiary/aromatic N) is 3. The first-order valence-corrected chi connectivity index (χ1v) is 7.33. The van der Waals surface area contributed by atoms with Gasteiger partial charge in [0.2, 0.25) is 5.91 Å². The first kappa shape index (κ1) is 13.3. The molecule has 0 aliphatic carbocycles. The molecule has 98 valence electrons. The van der Waals surface area contributed by atoms with Gasteiger partial charge in [0, 0.05) is 13.1 Å². The minimum Gasteiger partial charge on any atom is -0.481 e. The van der Waals surface area contributed by atoms with Crippen molar-refractivity contribution < 1.29 is 14.7 Å². The number of aliphatic carboxylic acids is 1. The van der Waals surface area contributed by atoms with Crippen LogP contribution in [0.1, 0.15) is 12.8 Å². The van der Waals surface area contributed by atoms with Gasteiger partial charge in [0.25, 0.3) is 0 Å². The molecule has 6 nitrogen and oxygen atoms in total. The van der Waals surface area contributed by atoms with E-state index in [1.165, 1.54) is 29.6 Å². The number of piperidine rings is 1. The van der Waals surface area contributed by atoms with E-state index in [-0.39, 0.29) is 11.8 Å². The number of carboxylic acids is 1. The van der Waals surface area contributed by atoms with E-state index in [1.807, 2.05) is 0 Å². The Kier molecular flexibility index (Phi) is 4.54. The van der Waals surface area contributed by atoms with Crippen LogP contribution in [-0.2, 0) is 9.59 Å². The Morgan fingerprint density at radius 1 is 1.50 bits per heavy atom. The number of hydrogen-bond acceptors (Lipinski definition) is 6. The highest BCUT2D eigenvalue weighted by Gasteiger charge is 2.26. The number of amides is 1. The van der Waals surface area contributed by atoms with Gasteiger partial charge in [-0.2, -0.15) is 4.37 Å². The Morgan fingerprint density at radius 2 is 2.22 bits per heavy atom. The van der Waals surface area contributed by atoms with Crippen LogP contribution in [0.4, 0.5) is 0 Å². The monoisotopic (exact) mass is 287 g/mol. The maximum absolute atomic E-state index is 11.9. The van der Waals surface area contributed by atoms with Crippen molar-refractivity contribution in [3.8, 4) is 0 Å². The van der Waals surface area contributed by atoms with E-state index in [2.05, 4.69) is 9.36 Å². The van der Waals surface area contributed by atoms with Crippen LogP contribution in [0.15, 0.2) is 10.7 Å². The second-order valence-electron chi connectivity index (χ2n) is 3.99. The van der Waals surface area contributed by atoms with E-state index in [1.54, 1.807) is 4.90 Å². The van der Waals surface area contributed by atoms with Gasteiger partial charge >= 0.3 is 5.97 Å². The normalized spacial score (nSPS) is 16.8. The third kappa shape index (κ3) is 3.42. The molecule has 1 aromatic heterocycles. The molecule has 0 bridgehead atoms. The summed E-state index contributed by atoms with van der Waals surface area (Å²) < 4.78 is 4.64. The summed E-state index contributed by atoms with van der Waals surface area (Å²) in [5.41, 5.74) is 0. The molecule has 8 heteroatoms. The maximum Gasteiger partial charge on any atom is 0.306 e. The molecular weight excluding hydrogens is 274 g/mol. The van der Waals surface area contributed by atoms with Crippen molar-refractivity contribution in [3.05, 3.63) is 6.33 Å². The minimum absolute atomic E-state index is 0.0408. The summed E-state index contributed by atoms with van der Waals surface area (Å²) in [4.78, 5) is 28.4. The third-order valence-corrected chi connectivity index (χ3v) is 4.64. The average molecular weight is 287 g/mol. The first-order valence-electron chi connectivity index (χ1n) is 5.57. The van der Waals surface area contributed by atoms with Crippen molar-refractivity contribution in [1.82, 2.24) is 14.3 Å². The summed E-state index contributed by atoms with van der Waals surface area (Å²) in [6, 6.07) is 0. The van der Waals surface area contributed by atoms with Gasteiger partial charge in [-0.05, 0) is 24.4 Å². The molecule has 2 rings (SSSR count). The second kappa shape index (κ2) is 6.14. The smallest absolute Gasteiger partial charge is 0.306 e. The maximum atomic E-state index is 11.9. The Bertz CT molecular complexity index is 416. The zero-order valence-electron chi connectivity index (χ0n) is 9.61. The number of thioether (sulfide) groups is 1. The minimum atomic E-state index is -0.759. The molecule has 0 aromatic carbocycles. The number of carbonyl (C=O) groups is 2. The van der Waals surface area contributed by atoms with E-state index in [9.17, 15) is 9.59 Å². The Balaban J connectivity index is 1.75. The van der Waals surface area contributed by atoms with E-state index in [0.29, 0.717) is 31.7 Å². The van der Waals surface area contributed by atoms with Crippen LogP contribution in [-0.4, -0.2) is 50.1 Å². The number of carboxylic acid groups (broad SMARTS) is 1. The van der Waals surface area contributed by atoms with E-state index in [0.717, 1.165) is 4.34 Å². The van der Waals surface area contributed by atoms with Crippen molar-refractivity contribution in [2.24, 2.45) is 5.92 Å². The predicted octanol–water partition coefficient (Wildman–Crippen LogP) is 0.953. The third-order valence-electron chi connectivity index (χ3n) is 2.86. The first-order chi connectivity index (χ1) is 8.66. The standard InChI is InChI=1S/C10H13N3O3S2/c14-8(5-17-10-11-6-12-18-10)13-3-1-7(2-4-13)9(15)16/h6-7H,1-5H2,(H,15,16). The lowest BCUT2D eigenvalue weighted by molar-refractivity contribution is -0.145. The number of aromatic nitrogens is 2. The molecule has 1 aliphatic rings. The van der Waals surface area contributed by atoms with Gasteiger partial charge < -0.3 is 10.0 Å². The van der Waals surface area contributed by atoms with E-state index in [4.69, 9.17) is 5.11 Å². The Hall–Kier alpha value is -1.15. The lowest BCUT2D eigenvalue weighted by Gasteiger charge is -2.29. The van der Waals surface area contributed by atoms with Crippen molar-refractivity contribution in [1.29, 1.82) is 0 Å². The fraction of sp³-hybridized carbons (Fsp3) is 0.600. The number of rotatable bonds is 4. The summed E-state index contributed by atoms with van der Waals surface area (Å²) in [5, 5.41) is 8.87. The molecule has 1 fully saturated rings. The van der Waals surface area contributed by atoms with E-state index >= 15 is 0 Å². The van der Waals surface area contributed by atoms with Crippen molar-refractivity contribution >= 4 is 35.2 Å². The average Bonchev–Trinajstić information content (AvgIpc) is 2.89. The van der Waals surface area contributed by atoms with Gasteiger partial charge in [-0.15, -0.1) is 0 Å². The van der Waals surface area contributed by atoms with Gasteiger partial charge in [-0.25, -0.2) is 4.98 Å². The zero-order valence-corrected chi connectivity index (χ0v) is 11.2. The zero-order chi connectivity index (χ0) is 13.0. The van der Waals surface area contributed by atoms with E-state index < -0.39 is 5.97 Å². The molecule has 0 unspecified atom stereocenters. The van der Waals surface area contributed by atoms with Gasteiger partial charge in [0.1, 0.15) is 6.33 Å². The number of hydrogen-bond donors (Lipinski definition) is 1. The van der Waals surface area contributed by atoms with Crippen molar-refractivity contribution in [3.63, 3.8) is 0 Å². The van der Waals surface area contributed by atoms with Crippen LogP contribution in [0.3, 0.4) is 0 Å². The highest BCUT2D eigenvalue weighted by molar-refractivity contribution is 8.01. The Morgan fingerprint density at radius 3 is 2.78 bits per heavy atom. The Labute approximate surface area is 113 Å². The molecule has 0 saturated carbocycles. The topological polar surface area (TPSA) is 83.4 Å². The van der Waals surface area contributed by atoms with Gasteiger partial charge in [-0.1, -0.05) is 11.8 Å². The highest BCUT2D eigenvalue weighted by atomic mass is 32.2. The summed E-state index contributed by atoms with van der Waals surface area (Å²) >= 11 is 2.64. The fourth-order valence-corrected chi connectivity index (χ4v) is 3.16. The van der Waals surface area contributed by atoms with Gasteiger partial charge in [0.05, 0.1) is 11.7 Å². The second-order valence-corrected chi connectivity index (χ2v) is 5.99. The van der Waals surface area contributed by atoms with Crippen molar-refractivity contribution in [2.75, 3.05) is 18.8 Å². The van der Waals surface area contributed by atoms with Crippen LogP contribution in [0.25, 0.3) is 0 Å². The van der Waals surface area contributed by atoms with Gasteiger partial charge in [0.15, 0.2) is 4.34 Å². The lowest BCUT2D eigenvalue weighted by atomic mass is 9.97. The number of carbonyl (C=O) groups excluding carboxylic acids is 1. The van der Waals surface area contributed by atoms with Crippen LogP contribution in [0.2, 0.25) is 0 Å². The molecule has 1 aromatic rings. The SMILES string of the molecule is O=C(O)C1CCN(C(=O)CSc2ncns2)CC1. The molecule has 1 amide bonds. The highest BCUT2D eigenvalue weighted by Crippen LogP contribution is 2.21. The quantitative estimate of drug-likeness (QED) is 0.830. The molecule has 0 spiro atoms. The van der Waals surface area contributed by atoms with Crippen LogP contribution >= 0.6 is 23.3 Å². The van der Waals surface area contributed by atoms with Crippen LogP contribution in [0, 0.1) is 5.92 Å². The summed E-state index contributed by atoms with van der Waals surface area (Å²) in [5.74, 6) is -0.679. The molecular formula is C10H13N3O3S2. The molecule has 1 aliphatic heterocycles. The molecule has 18 heavy (non-hydrogen) atoms. The van der Waals surface area contributed by atoms with Crippen molar-refractivity contribution in [2.45, 2.75) is 17.2 Å².